The summed E-state index contributed by atoms with van der Waals surface area (Å²) in [7, 11) is 1.45. The largest absolute Gasteiger partial charge is 0.488 e. The third-order valence-electron chi connectivity index (χ3n) is 7.83. The summed E-state index contributed by atoms with van der Waals surface area (Å²) in [6.07, 6.45) is 5.91. The van der Waals surface area contributed by atoms with Crippen molar-refractivity contribution >= 4 is 28.3 Å². The molecule has 3 aromatic rings. The van der Waals surface area contributed by atoms with Crippen LogP contribution in [0.5, 0.6) is 5.75 Å². The Morgan fingerprint density at radius 2 is 1.83 bits per heavy atom. The lowest BCUT2D eigenvalue weighted by Crippen LogP contribution is -2.35. The molecule has 220 valence electrons. The zero-order chi connectivity index (χ0) is 29.4. The van der Waals surface area contributed by atoms with Gasteiger partial charge in [-0.1, -0.05) is 31.5 Å². The summed E-state index contributed by atoms with van der Waals surface area (Å²) in [4.78, 5) is 31.6. The number of carbonyl (C=O) groups is 2. The van der Waals surface area contributed by atoms with Gasteiger partial charge in [0.25, 0.3) is 5.91 Å². The van der Waals surface area contributed by atoms with Crippen LogP contribution in [0.4, 0.5) is 5.13 Å². The highest BCUT2D eigenvalue weighted by atomic mass is 32.1. The minimum atomic E-state index is -0.126. The fraction of sp³-hybridized carbons (Fsp3) is 0.485. The number of nitrogens with zero attached hydrogens (tertiary/aromatic N) is 2. The van der Waals surface area contributed by atoms with Crippen molar-refractivity contribution in [3.63, 3.8) is 0 Å². The van der Waals surface area contributed by atoms with Gasteiger partial charge in [-0.3, -0.25) is 9.59 Å². The summed E-state index contributed by atoms with van der Waals surface area (Å²) in [5.41, 5.74) is 5.80. The maximum absolute atomic E-state index is 12.9. The molecule has 2 aromatic carbocycles. The van der Waals surface area contributed by atoms with Crippen LogP contribution in [-0.4, -0.2) is 48.0 Å². The Morgan fingerprint density at radius 3 is 2.56 bits per heavy atom. The van der Waals surface area contributed by atoms with Crippen LogP contribution in [0.2, 0.25) is 0 Å². The van der Waals surface area contributed by atoms with Crippen molar-refractivity contribution < 1.29 is 19.1 Å². The highest BCUT2D eigenvalue weighted by Crippen LogP contribution is 2.35. The quantitative estimate of drug-likeness (QED) is 0.281. The number of amides is 1. The Morgan fingerprint density at radius 1 is 1.05 bits per heavy atom. The Balaban J connectivity index is 0.00000189. The number of aromatic nitrogens is 1. The topological polar surface area (TPSA) is 80.8 Å². The van der Waals surface area contributed by atoms with Gasteiger partial charge < -0.3 is 19.7 Å². The first-order valence-corrected chi connectivity index (χ1v) is 15.7. The predicted molar refractivity (Wildman–Crippen MR) is 166 cm³/mol. The number of hydrogen-bond acceptors (Lipinski definition) is 7. The van der Waals surface area contributed by atoms with Gasteiger partial charge in [0.2, 0.25) is 0 Å². The van der Waals surface area contributed by atoms with Gasteiger partial charge in [0.05, 0.1) is 18.7 Å². The highest BCUT2D eigenvalue weighted by molar-refractivity contribution is 7.14. The average molecular weight is 578 g/mol. The van der Waals surface area contributed by atoms with Crippen LogP contribution in [0, 0.1) is 19.8 Å². The number of hydrogen-bond donors (Lipinski definition) is 1. The average Bonchev–Trinajstić information content (AvgIpc) is 3.68. The van der Waals surface area contributed by atoms with Gasteiger partial charge >= 0.3 is 5.97 Å². The normalized spacial score (nSPS) is 18.3. The smallest absolute Gasteiger partial charge is 0.308 e. The van der Waals surface area contributed by atoms with E-state index in [2.05, 4.69) is 18.3 Å². The lowest BCUT2D eigenvalue weighted by atomic mass is 10.0. The summed E-state index contributed by atoms with van der Waals surface area (Å²) in [5.74, 6) is 0.734. The third kappa shape index (κ3) is 7.67. The number of esters is 1. The van der Waals surface area contributed by atoms with Crippen molar-refractivity contribution in [2.45, 2.75) is 78.9 Å². The molecule has 8 heteroatoms. The minimum Gasteiger partial charge on any atom is -0.488 e. The number of anilines is 1. The van der Waals surface area contributed by atoms with Gasteiger partial charge in [0.15, 0.2) is 5.13 Å². The monoisotopic (exact) mass is 577 g/mol. The van der Waals surface area contributed by atoms with Crippen LogP contribution in [0.1, 0.15) is 79.4 Å². The minimum absolute atomic E-state index is 0.0379. The van der Waals surface area contributed by atoms with E-state index >= 15 is 0 Å². The van der Waals surface area contributed by atoms with Crippen LogP contribution < -0.4 is 10.1 Å². The lowest BCUT2D eigenvalue weighted by molar-refractivity contribution is -0.145. The van der Waals surface area contributed by atoms with E-state index in [0.717, 1.165) is 89.6 Å². The molecule has 2 unspecified atom stereocenters. The Labute approximate surface area is 248 Å². The third-order valence-corrected chi connectivity index (χ3v) is 8.60. The summed E-state index contributed by atoms with van der Waals surface area (Å²) in [6.45, 7) is 10.2. The number of piperidine rings is 1. The summed E-state index contributed by atoms with van der Waals surface area (Å²) < 4.78 is 11.2. The predicted octanol–water partition coefficient (Wildman–Crippen LogP) is 7.41. The van der Waals surface area contributed by atoms with E-state index in [9.17, 15) is 9.59 Å². The zero-order valence-electron chi connectivity index (χ0n) is 25.0. The van der Waals surface area contributed by atoms with E-state index in [-0.39, 0.29) is 23.8 Å². The number of likely N-dealkylation sites (tertiary alicyclic amines) is 1. The van der Waals surface area contributed by atoms with Crippen molar-refractivity contribution in [2.24, 2.45) is 5.92 Å². The van der Waals surface area contributed by atoms with E-state index in [1.165, 1.54) is 13.5 Å². The van der Waals surface area contributed by atoms with Crippen LogP contribution in [-0.2, 0) is 16.1 Å². The molecule has 1 aromatic heterocycles. The maximum Gasteiger partial charge on any atom is 0.308 e. The first-order chi connectivity index (χ1) is 19.9. The molecule has 5 rings (SSSR count). The van der Waals surface area contributed by atoms with E-state index in [1.807, 2.05) is 61.4 Å². The molecule has 1 N–H and O–H groups in total. The molecule has 2 aliphatic rings. The molecule has 2 heterocycles. The molecule has 1 saturated heterocycles. The molecule has 1 aliphatic carbocycles. The van der Waals surface area contributed by atoms with E-state index in [1.54, 1.807) is 11.3 Å². The first kappa shape index (κ1) is 30.6. The van der Waals surface area contributed by atoms with Crippen molar-refractivity contribution in [3.05, 3.63) is 64.0 Å². The second kappa shape index (κ2) is 14.5. The van der Waals surface area contributed by atoms with Gasteiger partial charge in [0, 0.05) is 35.6 Å². The van der Waals surface area contributed by atoms with Crippen LogP contribution in [0.3, 0.4) is 0 Å². The van der Waals surface area contributed by atoms with Gasteiger partial charge in [-0.15, -0.1) is 11.3 Å². The number of nitrogens with one attached hydrogen (secondary N) is 1. The van der Waals surface area contributed by atoms with E-state index < -0.39 is 0 Å². The SMILES string of the molecule is CC.COC(=O)C1CCC(Nc2nc(-c3cc(C)ccc3OCc3ccc(C(=O)N4CCCCC4)cc3C)cs2)C1. The van der Waals surface area contributed by atoms with Crippen LogP contribution in [0.15, 0.2) is 41.8 Å². The Kier molecular flexibility index (Phi) is 10.8. The number of methoxy groups -OCH3 is 1. The fourth-order valence-corrected chi connectivity index (χ4v) is 6.32. The highest BCUT2D eigenvalue weighted by Gasteiger charge is 2.31. The van der Waals surface area contributed by atoms with E-state index in [4.69, 9.17) is 14.5 Å². The second-order valence-electron chi connectivity index (χ2n) is 10.7. The number of benzene rings is 2. The molecule has 0 bridgehead atoms. The Bertz CT molecular complexity index is 1330. The molecule has 0 radical (unpaired) electrons. The van der Waals surface area contributed by atoms with Gasteiger partial charge in [0.1, 0.15) is 12.4 Å². The van der Waals surface area contributed by atoms with Crippen molar-refractivity contribution in [3.8, 4) is 17.0 Å². The second-order valence-corrected chi connectivity index (χ2v) is 11.6. The number of ether oxygens (including phenoxy) is 2. The summed E-state index contributed by atoms with van der Waals surface area (Å²) >= 11 is 1.56. The van der Waals surface area contributed by atoms with Gasteiger partial charge in [-0.25, -0.2) is 4.98 Å². The maximum atomic E-state index is 12.9. The molecule has 2 atom stereocenters. The molecule has 1 saturated carbocycles. The molecule has 7 nitrogen and oxygen atoms in total. The molecule has 1 aliphatic heterocycles. The number of aryl methyl sites for hydroxylation is 2. The number of thiazole rings is 1. The fourth-order valence-electron chi connectivity index (χ4n) is 5.53. The van der Waals surface area contributed by atoms with Crippen molar-refractivity contribution in [1.29, 1.82) is 0 Å². The van der Waals surface area contributed by atoms with Crippen molar-refractivity contribution in [2.75, 3.05) is 25.5 Å². The molecular weight excluding hydrogens is 534 g/mol. The summed E-state index contributed by atoms with van der Waals surface area (Å²) in [6, 6.07) is 12.3. The van der Waals surface area contributed by atoms with Crippen LogP contribution in [0.25, 0.3) is 11.3 Å². The number of rotatable bonds is 8. The zero-order valence-corrected chi connectivity index (χ0v) is 25.8. The first-order valence-electron chi connectivity index (χ1n) is 14.8. The van der Waals surface area contributed by atoms with Crippen LogP contribution >= 0.6 is 11.3 Å². The molecule has 41 heavy (non-hydrogen) atoms. The standard InChI is InChI=1S/C31H37N3O4S.C2H6/c1-20-7-12-28(38-18-24-9-8-22(16-21(24)2)29(35)34-13-5-4-6-14-34)26(15-20)27-19-39-31(33-27)32-25-11-10-23(17-25)30(36)37-3;1-2/h7-9,12,15-16,19,23,25H,4-6,10-11,13-14,17-18H2,1-3H3,(H,32,33);1-2H3. The van der Waals surface area contributed by atoms with E-state index in [0.29, 0.717) is 6.61 Å². The molecular formula is C33H43N3O4S. The molecule has 1 amide bonds. The molecule has 0 spiro atoms. The van der Waals surface area contributed by atoms with Gasteiger partial charge in [-0.05, 0) is 87.8 Å². The molecule has 2 fully saturated rings. The number of carbonyl (C=O) groups excluding carboxylic acids is 2. The van der Waals surface area contributed by atoms with Crippen molar-refractivity contribution in [1.82, 2.24) is 9.88 Å². The van der Waals surface area contributed by atoms with Gasteiger partial charge in [-0.2, -0.15) is 0 Å². The lowest BCUT2D eigenvalue weighted by Gasteiger charge is -2.27. The summed E-state index contributed by atoms with van der Waals surface area (Å²) in [5, 5.41) is 6.39. The Hall–Kier alpha value is -3.39.